The molecule has 22 heavy (non-hydrogen) atoms. The van der Waals surface area contributed by atoms with Gasteiger partial charge in [-0.05, 0) is 37.0 Å². The van der Waals surface area contributed by atoms with Gasteiger partial charge in [0, 0.05) is 17.5 Å². The number of benzene rings is 2. The van der Waals surface area contributed by atoms with E-state index in [9.17, 15) is 9.90 Å². The normalized spacial score (nSPS) is 15.3. The summed E-state index contributed by atoms with van der Waals surface area (Å²) in [6.07, 6.45) is 2.46. The molecule has 3 heteroatoms. The van der Waals surface area contributed by atoms with Crippen molar-refractivity contribution in [1.29, 1.82) is 0 Å². The molecule has 114 valence electrons. The molecule has 2 aromatic carbocycles. The quantitative estimate of drug-likeness (QED) is 0.890. The van der Waals surface area contributed by atoms with E-state index in [2.05, 4.69) is 30.4 Å². The van der Waals surface area contributed by atoms with Crippen LogP contribution in [-0.4, -0.2) is 17.6 Å². The van der Waals surface area contributed by atoms with Crippen LogP contribution < -0.4 is 5.32 Å². The Bertz CT molecular complexity index is 689. The molecule has 0 saturated heterocycles. The Kier molecular flexibility index (Phi) is 3.88. The molecule has 0 heterocycles. The predicted octanol–water partition coefficient (Wildman–Crippen LogP) is 3.09. The average molecular weight is 295 g/mol. The van der Waals surface area contributed by atoms with E-state index in [1.807, 2.05) is 12.1 Å². The fourth-order valence-corrected chi connectivity index (χ4v) is 3.02. The van der Waals surface area contributed by atoms with Gasteiger partial charge in [0.1, 0.15) is 5.75 Å². The third-order valence-corrected chi connectivity index (χ3v) is 4.54. The molecular weight excluding hydrogens is 274 g/mol. The minimum absolute atomic E-state index is 0.0404. The van der Waals surface area contributed by atoms with Crippen LogP contribution in [0.4, 0.5) is 0 Å². The van der Waals surface area contributed by atoms with Crippen molar-refractivity contribution in [2.45, 2.75) is 31.6 Å². The molecule has 2 N–H and O–H groups in total. The second-order valence-corrected chi connectivity index (χ2v) is 6.18. The molecule has 0 spiro atoms. The highest BCUT2D eigenvalue weighted by atomic mass is 16.3. The van der Waals surface area contributed by atoms with E-state index in [1.54, 1.807) is 18.2 Å². The molecule has 3 nitrogen and oxygen atoms in total. The third kappa shape index (κ3) is 2.98. The number of nitrogens with one attached hydrogen (secondary N) is 1. The van der Waals surface area contributed by atoms with Crippen molar-refractivity contribution in [1.82, 2.24) is 5.32 Å². The number of para-hydroxylation sites is 1. The minimum Gasteiger partial charge on any atom is -0.508 e. The lowest BCUT2D eigenvalue weighted by Crippen LogP contribution is -2.33. The topological polar surface area (TPSA) is 49.3 Å². The Morgan fingerprint density at radius 1 is 1.14 bits per heavy atom. The number of rotatable bonds is 5. The van der Waals surface area contributed by atoms with Gasteiger partial charge in [-0.2, -0.15) is 0 Å². The largest absolute Gasteiger partial charge is 0.508 e. The number of carbonyl (C=O) groups excluding carboxylic acids is 1. The van der Waals surface area contributed by atoms with Crippen LogP contribution in [0, 0.1) is 6.92 Å². The van der Waals surface area contributed by atoms with Gasteiger partial charge in [-0.15, -0.1) is 0 Å². The van der Waals surface area contributed by atoms with E-state index in [-0.39, 0.29) is 23.5 Å². The van der Waals surface area contributed by atoms with Crippen LogP contribution in [0.5, 0.6) is 5.75 Å². The van der Waals surface area contributed by atoms with Crippen molar-refractivity contribution in [3.05, 3.63) is 65.2 Å². The molecule has 1 aliphatic carbocycles. The zero-order valence-electron chi connectivity index (χ0n) is 12.8. The van der Waals surface area contributed by atoms with Crippen molar-refractivity contribution in [2.24, 2.45) is 0 Å². The summed E-state index contributed by atoms with van der Waals surface area (Å²) in [5.41, 5.74) is 3.41. The lowest BCUT2D eigenvalue weighted by Gasteiger charge is -2.19. The first-order chi connectivity index (χ1) is 10.6. The van der Waals surface area contributed by atoms with Crippen molar-refractivity contribution in [3.8, 4) is 5.75 Å². The summed E-state index contributed by atoms with van der Waals surface area (Å²) in [6.45, 7) is 2.80. The summed E-state index contributed by atoms with van der Waals surface area (Å²) in [6, 6.07) is 15.4. The number of aromatic hydroxyl groups is 1. The van der Waals surface area contributed by atoms with Crippen molar-refractivity contribution in [3.63, 3.8) is 0 Å². The van der Waals surface area contributed by atoms with Crippen LogP contribution in [-0.2, 0) is 16.6 Å². The molecule has 0 bridgehead atoms. The van der Waals surface area contributed by atoms with E-state index >= 15 is 0 Å². The van der Waals surface area contributed by atoms with Gasteiger partial charge in [-0.3, -0.25) is 4.79 Å². The summed E-state index contributed by atoms with van der Waals surface area (Å²) < 4.78 is 0. The number of phenols is 1. The van der Waals surface area contributed by atoms with Crippen LogP contribution >= 0.6 is 0 Å². The number of hydrogen-bond donors (Lipinski definition) is 2. The van der Waals surface area contributed by atoms with Gasteiger partial charge in [-0.25, -0.2) is 0 Å². The highest BCUT2D eigenvalue weighted by Crippen LogP contribution is 2.48. The summed E-state index contributed by atoms with van der Waals surface area (Å²) in [4.78, 5) is 12.1. The Hall–Kier alpha value is -2.29. The summed E-state index contributed by atoms with van der Waals surface area (Å²) in [5.74, 6) is 0.138. The lowest BCUT2D eigenvalue weighted by molar-refractivity contribution is -0.120. The van der Waals surface area contributed by atoms with Crippen LogP contribution in [0.2, 0.25) is 0 Å². The zero-order chi connectivity index (χ0) is 15.6. The van der Waals surface area contributed by atoms with Crippen molar-refractivity contribution < 1.29 is 9.90 Å². The van der Waals surface area contributed by atoms with E-state index in [1.165, 1.54) is 11.1 Å². The van der Waals surface area contributed by atoms with Gasteiger partial charge >= 0.3 is 0 Å². The maximum atomic E-state index is 12.1. The first-order valence-corrected chi connectivity index (χ1v) is 7.70. The molecule has 1 amide bonds. The van der Waals surface area contributed by atoms with Crippen molar-refractivity contribution >= 4 is 5.91 Å². The van der Waals surface area contributed by atoms with Gasteiger partial charge in [0.05, 0.1) is 6.42 Å². The standard InChI is InChI=1S/C19H21NO2/c1-14-6-2-4-8-16(14)19(10-11-19)13-20-18(22)12-15-7-3-5-9-17(15)21/h2-9,21H,10-13H2,1H3,(H,20,22). The Balaban J connectivity index is 1.62. The second kappa shape index (κ2) is 5.84. The first-order valence-electron chi connectivity index (χ1n) is 7.70. The number of carbonyl (C=O) groups is 1. The molecule has 0 radical (unpaired) electrons. The number of hydrogen-bond acceptors (Lipinski definition) is 2. The molecule has 3 rings (SSSR count). The molecule has 2 aromatic rings. The molecule has 0 aromatic heterocycles. The monoisotopic (exact) mass is 295 g/mol. The van der Waals surface area contributed by atoms with Crippen LogP contribution in [0.1, 0.15) is 29.5 Å². The van der Waals surface area contributed by atoms with Crippen LogP contribution in [0.15, 0.2) is 48.5 Å². The summed E-state index contributed by atoms with van der Waals surface area (Å²) in [5, 5.41) is 12.8. The lowest BCUT2D eigenvalue weighted by atomic mass is 9.92. The highest BCUT2D eigenvalue weighted by Gasteiger charge is 2.45. The molecule has 0 unspecified atom stereocenters. The van der Waals surface area contributed by atoms with Crippen LogP contribution in [0.25, 0.3) is 0 Å². The predicted molar refractivity (Wildman–Crippen MR) is 86.9 cm³/mol. The fourth-order valence-electron chi connectivity index (χ4n) is 3.02. The van der Waals surface area contributed by atoms with E-state index in [0.29, 0.717) is 12.1 Å². The Labute approximate surface area is 131 Å². The maximum Gasteiger partial charge on any atom is 0.224 e. The van der Waals surface area contributed by atoms with Crippen molar-refractivity contribution in [2.75, 3.05) is 6.54 Å². The Morgan fingerprint density at radius 3 is 2.50 bits per heavy atom. The Morgan fingerprint density at radius 2 is 1.82 bits per heavy atom. The number of amides is 1. The van der Waals surface area contributed by atoms with Crippen LogP contribution in [0.3, 0.4) is 0 Å². The van der Waals surface area contributed by atoms with Gasteiger partial charge in [0.15, 0.2) is 0 Å². The first kappa shape index (κ1) is 14.6. The number of phenolic OH excluding ortho intramolecular Hbond substituents is 1. The molecular formula is C19H21NO2. The molecule has 1 saturated carbocycles. The van der Waals surface area contributed by atoms with Gasteiger partial charge in [-0.1, -0.05) is 42.5 Å². The van der Waals surface area contributed by atoms with Gasteiger partial charge in [0.2, 0.25) is 5.91 Å². The van der Waals surface area contributed by atoms with E-state index in [0.717, 1.165) is 12.8 Å². The maximum absolute atomic E-state index is 12.1. The zero-order valence-corrected chi connectivity index (χ0v) is 12.8. The van der Waals surface area contributed by atoms with E-state index < -0.39 is 0 Å². The number of aryl methyl sites for hydroxylation is 1. The smallest absolute Gasteiger partial charge is 0.224 e. The highest BCUT2D eigenvalue weighted by molar-refractivity contribution is 5.79. The summed E-state index contributed by atoms with van der Waals surface area (Å²) in [7, 11) is 0. The van der Waals surface area contributed by atoms with E-state index in [4.69, 9.17) is 0 Å². The SMILES string of the molecule is Cc1ccccc1C1(CNC(=O)Cc2ccccc2O)CC1. The summed E-state index contributed by atoms with van der Waals surface area (Å²) >= 11 is 0. The fraction of sp³-hybridized carbons (Fsp3) is 0.316. The van der Waals surface area contributed by atoms with Gasteiger partial charge < -0.3 is 10.4 Å². The minimum atomic E-state index is -0.0404. The molecule has 0 aliphatic heterocycles. The molecule has 1 aliphatic rings. The molecule has 0 atom stereocenters. The third-order valence-electron chi connectivity index (χ3n) is 4.54. The average Bonchev–Trinajstić information content (AvgIpc) is 3.29. The second-order valence-electron chi connectivity index (χ2n) is 6.18. The molecule has 1 fully saturated rings. The van der Waals surface area contributed by atoms with Gasteiger partial charge in [0.25, 0.3) is 0 Å².